The molecule has 13 heteroatoms. The SMILES string of the molecule is Cc1cc(-c2nc(N[C@@H]3CCOC[C@@H]3NC(=O)OC(C)(C)C)c(F)c3c2C(=O)N(C(=O)OC(C)(C)C)C3)sn1. The van der Waals surface area contributed by atoms with Crippen molar-refractivity contribution in [1.29, 1.82) is 0 Å². The van der Waals surface area contributed by atoms with Gasteiger partial charge in [-0.05, 0) is 72.5 Å². The Morgan fingerprint density at radius 3 is 2.46 bits per heavy atom. The first-order valence-corrected chi connectivity index (χ1v) is 13.4. The fourth-order valence-electron chi connectivity index (χ4n) is 4.26. The van der Waals surface area contributed by atoms with Crippen molar-refractivity contribution < 1.29 is 33.0 Å². The third-order valence-electron chi connectivity index (χ3n) is 5.87. The van der Waals surface area contributed by atoms with E-state index in [1.54, 1.807) is 54.5 Å². The van der Waals surface area contributed by atoms with Gasteiger partial charge in [0, 0.05) is 12.2 Å². The van der Waals surface area contributed by atoms with E-state index in [1.807, 2.05) is 0 Å². The molecule has 212 valence electrons. The van der Waals surface area contributed by atoms with Crippen LogP contribution in [0, 0.1) is 12.7 Å². The number of halogens is 1. The van der Waals surface area contributed by atoms with Crippen LogP contribution in [0.5, 0.6) is 0 Å². The molecule has 11 nitrogen and oxygen atoms in total. The molecule has 0 aromatic carbocycles. The van der Waals surface area contributed by atoms with Gasteiger partial charge in [0.1, 0.15) is 11.2 Å². The molecule has 1 saturated heterocycles. The minimum absolute atomic E-state index is 0.00275. The van der Waals surface area contributed by atoms with E-state index in [-0.39, 0.29) is 35.8 Å². The number of amides is 3. The number of anilines is 1. The fourth-order valence-corrected chi connectivity index (χ4v) is 5.01. The van der Waals surface area contributed by atoms with Crippen LogP contribution in [0.1, 0.15) is 69.6 Å². The van der Waals surface area contributed by atoms with Crippen LogP contribution in [0.3, 0.4) is 0 Å². The number of fused-ring (bicyclic) bond motifs is 1. The zero-order valence-corrected chi connectivity index (χ0v) is 24.0. The van der Waals surface area contributed by atoms with E-state index >= 15 is 4.39 Å². The van der Waals surface area contributed by atoms with Crippen molar-refractivity contribution in [3.05, 3.63) is 28.7 Å². The topological polar surface area (TPSA) is 132 Å². The van der Waals surface area contributed by atoms with Crippen molar-refractivity contribution in [1.82, 2.24) is 19.6 Å². The maximum Gasteiger partial charge on any atom is 0.417 e. The van der Waals surface area contributed by atoms with E-state index in [0.29, 0.717) is 23.6 Å². The van der Waals surface area contributed by atoms with Gasteiger partial charge in [-0.25, -0.2) is 23.9 Å². The summed E-state index contributed by atoms with van der Waals surface area (Å²) in [4.78, 5) is 44.5. The van der Waals surface area contributed by atoms with Gasteiger partial charge < -0.3 is 24.8 Å². The molecule has 2 aliphatic rings. The maximum absolute atomic E-state index is 16.0. The van der Waals surface area contributed by atoms with Crippen molar-refractivity contribution in [2.45, 2.75) is 84.7 Å². The highest BCUT2D eigenvalue weighted by molar-refractivity contribution is 7.09. The number of nitrogens with one attached hydrogen (secondary N) is 2. The Morgan fingerprint density at radius 1 is 1.15 bits per heavy atom. The molecule has 4 heterocycles. The number of carbonyl (C=O) groups is 3. The molecule has 0 bridgehead atoms. The fraction of sp³-hybridized carbons (Fsp3) is 0.577. The molecule has 1 fully saturated rings. The van der Waals surface area contributed by atoms with Crippen LogP contribution in [-0.4, -0.2) is 68.9 Å². The highest BCUT2D eigenvalue weighted by Crippen LogP contribution is 2.38. The summed E-state index contributed by atoms with van der Waals surface area (Å²) < 4.78 is 36.6. The number of carbonyl (C=O) groups excluding carboxylic acids is 3. The lowest BCUT2D eigenvalue weighted by atomic mass is 10.0. The zero-order valence-electron chi connectivity index (χ0n) is 23.1. The van der Waals surface area contributed by atoms with Gasteiger partial charge in [0.25, 0.3) is 5.91 Å². The van der Waals surface area contributed by atoms with Gasteiger partial charge in [-0.3, -0.25) is 4.79 Å². The maximum atomic E-state index is 16.0. The Balaban J connectivity index is 1.68. The summed E-state index contributed by atoms with van der Waals surface area (Å²) in [5, 5.41) is 5.90. The number of ether oxygens (including phenoxy) is 3. The summed E-state index contributed by atoms with van der Waals surface area (Å²) >= 11 is 1.12. The van der Waals surface area contributed by atoms with Gasteiger partial charge in [-0.1, -0.05) is 0 Å². The standard InChI is InChI=1S/C26H34FN5O6S/c1-13-10-17(39-31-13)20-18-14(11-32(22(18)33)24(35)38-26(5,6)7)19(27)21(30-20)28-15-8-9-36-12-16(15)29-23(34)37-25(2,3)4/h10,15-16H,8-9,11-12H2,1-7H3,(H,28,30)(H,29,34)/t15-,16+/m1/s1. The molecule has 0 spiro atoms. The highest BCUT2D eigenvalue weighted by Gasteiger charge is 2.41. The van der Waals surface area contributed by atoms with Crippen molar-refractivity contribution in [3.8, 4) is 10.6 Å². The van der Waals surface area contributed by atoms with Gasteiger partial charge in [0.05, 0.1) is 47.1 Å². The molecular weight excluding hydrogens is 529 g/mol. The van der Waals surface area contributed by atoms with Crippen LogP contribution in [0.2, 0.25) is 0 Å². The molecule has 0 radical (unpaired) electrons. The van der Waals surface area contributed by atoms with Crippen molar-refractivity contribution in [3.63, 3.8) is 0 Å². The number of aryl methyl sites for hydroxylation is 1. The molecule has 2 aliphatic heterocycles. The smallest absolute Gasteiger partial charge is 0.417 e. The van der Waals surface area contributed by atoms with Crippen LogP contribution >= 0.6 is 11.5 Å². The predicted molar refractivity (Wildman–Crippen MR) is 142 cm³/mol. The second kappa shape index (κ2) is 10.7. The predicted octanol–water partition coefficient (Wildman–Crippen LogP) is 4.64. The molecule has 2 aromatic heterocycles. The van der Waals surface area contributed by atoms with Crippen LogP contribution in [0.25, 0.3) is 10.6 Å². The Kier molecular flexibility index (Phi) is 7.86. The summed E-state index contributed by atoms with van der Waals surface area (Å²) in [6.45, 7) is 12.4. The summed E-state index contributed by atoms with van der Waals surface area (Å²) in [5.74, 6) is -1.54. The molecule has 39 heavy (non-hydrogen) atoms. The number of alkyl carbamates (subject to hydrolysis) is 1. The molecule has 0 unspecified atom stereocenters. The summed E-state index contributed by atoms with van der Waals surface area (Å²) in [5.41, 5.74) is -0.558. The normalized spacial score (nSPS) is 19.5. The minimum Gasteiger partial charge on any atom is -0.444 e. The lowest BCUT2D eigenvalue weighted by Crippen LogP contribution is -2.53. The molecule has 0 saturated carbocycles. The third-order valence-corrected chi connectivity index (χ3v) is 6.75. The van der Waals surface area contributed by atoms with Crippen LogP contribution in [-0.2, 0) is 20.8 Å². The summed E-state index contributed by atoms with van der Waals surface area (Å²) in [6, 6.07) is 0.776. The second-order valence-corrected chi connectivity index (χ2v) is 12.4. The molecule has 2 N–H and O–H groups in total. The number of imide groups is 1. The van der Waals surface area contributed by atoms with E-state index in [4.69, 9.17) is 14.2 Å². The molecule has 3 amide bonds. The Labute approximate surface area is 230 Å². The zero-order chi connectivity index (χ0) is 28.7. The molecule has 2 aromatic rings. The van der Waals surface area contributed by atoms with Gasteiger partial charge >= 0.3 is 12.2 Å². The van der Waals surface area contributed by atoms with E-state index < -0.39 is 47.2 Å². The van der Waals surface area contributed by atoms with Gasteiger partial charge in [0.2, 0.25) is 0 Å². The van der Waals surface area contributed by atoms with E-state index in [0.717, 1.165) is 16.4 Å². The van der Waals surface area contributed by atoms with Crippen molar-refractivity contribution in [2.24, 2.45) is 0 Å². The van der Waals surface area contributed by atoms with Crippen molar-refractivity contribution >= 4 is 35.4 Å². The number of hydrogen-bond donors (Lipinski definition) is 2. The average molecular weight is 564 g/mol. The van der Waals surface area contributed by atoms with Crippen LogP contribution in [0.4, 0.5) is 19.8 Å². The van der Waals surface area contributed by atoms with E-state index in [9.17, 15) is 14.4 Å². The van der Waals surface area contributed by atoms with Crippen LogP contribution < -0.4 is 10.6 Å². The number of hydrogen-bond acceptors (Lipinski definition) is 10. The Hall–Kier alpha value is -3.32. The van der Waals surface area contributed by atoms with Gasteiger partial charge in [0.15, 0.2) is 11.6 Å². The lowest BCUT2D eigenvalue weighted by molar-refractivity contribution is 0.0246. The monoisotopic (exact) mass is 563 g/mol. The summed E-state index contributed by atoms with van der Waals surface area (Å²) in [6.07, 6.45) is -1.03. The van der Waals surface area contributed by atoms with E-state index in [2.05, 4.69) is 20.0 Å². The lowest BCUT2D eigenvalue weighted by Gasteiger charge is -2.33. The first-order valence-electron chi connectivity index (χ1n) is 12.7. The summed E-state index contributed by atoms with van der Waals surface area (Å²) in [7, 11) is 0. The average Bonchev–Trinajstić information content (AvgIpc) is 3.38. The largest absolute Gasteiger partial charge is 0.444 e. The molecule has 0 aliphatic carbocycles. The quantitative estimate of drug-likeness (QED) is 0.546. The molecular formula is C26H34FN5O6S. The first-order chi connectivity index (χ1) is 18.1. The van der Waals surface area contributed by atoms with E-state index in [1.165, 1.54) is 0 Å². The first kappa shape index (κ1) is 28.7. The third kappa shape index (κ3) is 6.64. The number of nitrogens with zero attached hydrogens (tertiary/aromatic N) is 3. The van der Waals surface area contributed by atoms with Gasteiger partial charge in [-0.2, -0.15) is 4.37 Å². The molecule has 2 atom stereocenters. The number of pyridine rings is 1. The van der Waals surface area contributed by atoms with Crippen LogP contribution in [0.15, 0.2) is 6.07 Å². The number of rotatable bonds is 4. The molecule has 4 rings (SSSR count). The number of aromatic nitrogens is 2. The Bertz CT molecular complexity index is 1280. The second-order valence-electron chi connectivity index (χ2n) is 11.5. The minimum atomic E-state index is -0.866. The van der Waals surface area contributed by atoms with Crippen molar-refractivity contribution in [2.75, 3.05) is 18.5 Å². The highest BCUT2D eigenvalue weighted by atomic mass is 32.1. The Morgan fingerprint density at radius 2 is 1.85 bits per heavy atom. The van der Waals surface area contributed by atoms with Gasteiger partial charge in [-0.15, -0.1) is 0 Å².